The summed E-state index contributed by atoms with van der Waals surface area (Å²) in [6.07, 6.45) is 4.27. The van der Waals surface area contributed by atoms with Crippen molar-refractivity contribution < 1.29 is 0 Å². The fourth-order valence-electron chi connectivity index (χ4n) is 1.82. The van der Waals surface area contributed by atoms with Gasteiger partial charge in [-0.25, -0.2) is 9.67 Å². The molecule has 96 valence electrons. The van der Waals surface area contributed by atoms with Crippen molar-refractivity contribution in [3.63, 3.8) is 0 Å². The fraction of sp³-hybridized carbons (Fsp3) is 0.385. The summed E-state index contributed by atoms with van der Waals surface area (Å²) >= 11 is 6.32. The SMILES string of the molecule is CCCNC(C)c1ccc(-n2cncn2)cc1Cl. The molecule has 1 atom stereocenters. The minimum Gasteiger partial charge on any atom is -0.310 e. The Hall–Kier alpha value is -1.39. The zero-order chi connectivity index (χ0) is 13.0. The molecule has 1 heterocycles. The van der Waals surface area contributed by atoms with Crippen molar-refractivity contribution in [2.45, 2.75) is 26.3 Å². The van der Waals surface area contributed by atoms with Gasteiger partial charge in [0.15, 0.2) is 0 Å². The zero-order valence-electron chi connectivity index (χ0n) is 10.6. The molecular weight excluding hydrogens is 248 g/mol. The zero-order valence-corrected chi connectivity index (χ0v) is 11.4. The standard InChI is InChI=1S/C13H17ClN4/c1-3-6-16-10(2)12-5-4-11(7-13(12)14)18-9-15-8-17-18/h4-5,7-10,16H,3,6H2,1-2H3. The maximum absolute atomic E-state index is 6.32. The topological polar surface area (TPSA) is 42.7 Å². The smallest absolute Gasteiger partial charge is 0.138 e. The number of aromatic nitrogens is 3. The molecule has 0 aliphatic rings. The molecule has 1 N–H and O–H groups in total. The minimum absolute atomic E-state index is 0.252. The van der Waals surface area contributed by atoms with Crippen LogP contribution in [0.4, 0.5) is 0 Å². The van der Waals surface area contributed by atoms with Crippen LogP contribution >= 0.6 is 11.6 Å². The number of nitrogens with zero attached hydrogens (tertiary/aromatic N) is 3. The highest BCUT2D eigenvalue weighted by atomic mass is 35.5. The van der Waals surface area contributed by atoms with Crippen LogP contribution in [0.1, 0.15) is 31.9 Å². The van der Waals surface area contributed by atoms with Gasteiger partial charge in [0.25, 0.3) is 0 Å². The summed E-state index contributed by atoms with van der Waals surface area (Å²) in [7, 11) is 0. The first-order valence-electron chi connectivity index (χ1n) is 6.10. The molecule has 0 radical (unpaired) electrons. The molecular formula is C13H17ClN4. The lowest BCUT2D eigenvalue weighted by Gasteiger charge is -2.15. The largest absolute Gasteiger partial charge is 0.310 e. The van der Waals surface area contributed by atoms with E-state index in [1.165, 1.54) is 6.33 Å². The van der Waals surface area contributed by atoms with Gasteiger partial charge >= 0.3 is 0 Å². The second-order valence-corrected chi connectivity index (χ2v) is 4.63. The van der Waals surface area contributed by atoms with E-state index >= 15 is 0 Å². The molecule has 0 saturated heterocycles. The van der Waals surface area contributed by atoms with Gasteiger partial charge in [0, 0.05) is 11.1 Å². The van der Waals surface area contributed by atoms with E-state index in [0.29, 0.717) is 0 Å². The number of nitrogens with one attached hydrogen (secondary N) is 1. The molecule has 1 unspecified atom stereocenters. The van der Waals surface area contributed by atoms with Crippen molar-refractivity contribution >= 4 is 11.6 Å². The van der Waals surface area contributed by atoms with Gasteiger partial charge in [-0.1, -0.05) is 24.6 Å². The van der Waals surface area contributed by atoms with Crippen molar-refractivity contribution in [3.8, 4) is 5.69 Å². The highest BCUT2D eigenvalue weighted by molar-refractivity contribution is 6.31. The van der Waals surface area contributed by atoms with Gasteiger partial charge < -0.3 is 5.32 Å². The molecule has 2 aromatic rings. The molecule has 1 aromatic heterocycles. The number of hydrogen-bond donors (Lipinski definition) is 1. The van der Waals surface area contributed by atoms with E-state index in [4.69, 9.17) is 11.6 Å². The Morgan fingerprint density at radius 1 is 1.44 bits per heavy atom. The normalized spacial score (nSPS) is 12.6. The number of halogens is 1. The van der Waals surface area contributed by atoms with Crippen LogP contribution in [0.25, 0.3) is 5.69 Å². The summed E-state index contributed by atoms with van der Waals surface area (Å²) in [4.78, 5) is 3.92. The molecule has 4 nitrogen and oxygen atoms in total. The Labute approximate surface area is 112 Å². The van der Waals surface area contributed by atoms with Crippen molar-refractivity contribution in [2.75, 3.05) is 6.54 Å². The molecule has 2 rings (SSSR count). The first-order valence-corrected chi connectivity index (χ1v) is 6.48. The number of hydrogen-bond acceptors (Lipinski definition) is 3. The molecule has 0 amide bonds. The lowest BCUT2D eigenvalue weighted by atomic mass is 10.1. The summed E-state index contributed by atoms with van der Waals surface area (Å²) in [6, 6.07) is 6.20. The molecule has 0 aliphatic heterocycles. The minimum atomic E-state index is 0.252. The Bertz CT molecular complexity index is 496. The Morgan fingerprint density at radius 2 is 2.28 bits per heavy atom. The Balaban J connectivity index is 2.20. The highest BCUT2D eigenvalue weighted by Crippen LogP contribution is 2.25. The van der Waals surface area contributed by atoms with Crippen molar-refractivity contribution in [2.24, 2.45) is 0 Å². The molecule has 5 heteroatoms. The summed E-state index contributed by atoms with van der Waals surface area (Å²) in [6.45, 7) is 5.25. The average molecular weight is 265 g/mol. The van der Waals surface area contributed by atoms with Gasteiger partial charge in [-0.15, -0.1) is 0 Å². The molecule has 0 saturated carbocycles. The van der Waals surface area contributed by atoms with Gasteiger partial charge in [-0.05, 0) is 37.6 Å². The van der Waals surface area contributed by atoms with Crippen LogP contribution in [0.2, 0.25) is 5.02 Å². The highest BCUT2D eigenvalue weighted by Gasteiger charge is 2.10. The third-order valence-electron chi connectivity index (χ3n) is 2.83. The van der Waals surface area contributed by atoms with Crippen LogP contribution < -0.4 is 5.32 Å². The van der Waals surface area contributed by atoms with Crippen molar-refractivity contribution in [1.29, 1.82) is 0 Å². The predicted octanol–water partition coefficient (Wildman–Crippen LogP) is 2.98. The summed E-state index contributed by atoms with van der Waals surface area (Å²) < 4.78 is 1.69. The maximum Gasteiger partial charge on any atom is 0.138 e. The fourth-order valence-corrected chi connectivity index (χ4v) is 2.16. The van der Waals surface area contributed by atoms with Gasteiger partial charge in [0.1, 0.15) is 12.7 Å². The van der Waals surface area contributed by atoms with E-state index < -0.39 is 0 Å². The van der Waals surface area contributed by atoms with Gasteiger partial charge in [-0.2, -0.15) is 5.10 Å². The van der Waals surface area contributed by atoms with E-state index in [9.17, 15) is 0 Å². The first kappa shape index (κ1) is 13.1. The lowest BCUT2D eigenvalue weighted by Crippen LogP contribution is -2.19. The van der Waals surface area contributed by atoms with Gasteiger partial charge in [0.05, 0.1) is 5.69 Å². The van der Waals surface area contributed by atoms with Crippen LogP contribution in [0.15, 0.2) is 30.9 Å². The van der Waals surface area contributed by atoms with Crippen LogP contribution in [0.5, 0.6) is 0 Å². The molecule has 0 spiro atoms. The van der Waals surface area contributed by atoms with E-state index in [0.717, 1.165) is 29.2 Å². The van der Waals surface area contributed by atoms with Gasteiger partial charge in [0.2, 0.25) is 0 Å². The first-order chi connectivity index (χ1) is 8.72. The van der Waals surface area contributed by atoms with Crippen LogP contribution in [-0.2, 0) is 0 Å². The molecule has 0 aliphatic carbocycles. The lowest BCUT2D eigenvalue weighted by molar-refractivity contribution is 0.571. The number of benzene rings is 1. The molecule has 0 bridgehead atoms. The third kappa shape index (κ3) is 2.89. The van der Waals surface area contributed by atoms with Crippen molar-refractivity contribution in [1.82, 2.24) is 20.1 Å². The second-order valence-electron chi connectivity index (χ2n) is 4.22. The summed E-state index contributed by atoms with van der Waals surface area (Å²) in [5.74, 6) is 0. The van der Waals surface area contributed by atoms with Crippen LogP contribution in [0, 0.1) is 0 Å². The van der Waals surface area contributed by atoms with Crippen LogP contribution in [0.3, 0.4) is 0 Å². The van der Waals surface area contributed by atoms with E-state index in [2.05, 4.69) is 29.2 Å². The van der Waals surface area contributed by atoms with E-state index in [1.54, 1.807) is 11.0 Å². The molecule has 18 heavy (non-hydrogen) atoms. The van der Waals surface area contributed by atoms with Crippen molar-refractivity contribution in [3.05, 3.63) is 41.4 Å². The molecule has 0 fully saturated rings. The van der Waals surface area contributed by atoms with Gasteiger partial charge in [-0.3, -0.25) is 0 Å². The quantitative estimate of drug-likeness (QED) is 0.903. The third-order valence-corrected chi connectivity index (χ3v) is 3.16. The van der Waals surface area contributed by atoms with E-state index in [-0.39, 0.29) is 6.04 Å². The summed E-state index contributed by atoms with van der Waals surface area (Å²) in [5.41, 5.74) is 2.03. The van der Waals surface area contributed by atoms with Crippen LogP contribution in [-0.4, -0.2) is 21.3 Å². The monoisotopic (exact) mass is 264 g/mol. The summed E-state index contributed by atoms with van der Waals surface area (Å²) in [5, 5.41) is 8.26. The number of rotatable bonds is 5. The Kier molecular flexibility index (Phi) is 4.33. The Morgan fingerprint density at radius 3 is 2.89 bits per heavy atom. The van der Waals surface area contributed by atoms with E-state index in [1.807, 2.05) is 18.2 Å². The predicted molar refractivity (Wildman–Crippen MR) is 73.1 cm³/mol. The average Bonchev–Trinajstić information content (AvgIpc) is 2.89. The molecule has 1 aromatic carbocycles. The maximum atomic E-state index is 6.32. The second kappa shape index (κ2) is 5.98.